The van der Waals surface area contributed by atoms with Crippen molar-refractivity contribution in [2.45, 2.75) is 113 Å². The quantitative estimate of drug-likeness (QED) is 0.236. The average molecular weight is 571 g/mol. The topological polar surface area (TPSA) is 34.1 Å². The van der Waals surface area contributed by atoms with E-state index in [0.717, 1.165) is 49.1 Å². The normalized spacial score (nSPS) is 31.3. The first-order valence-corrected chi connectivity index (χ1v) is 19.9. The van der Waals surface area contributed by atoms with Crippen molar-refractivity contribution in [3.05, 3.63) is 60.7 Å². The van der Waals surface area contributed by atoms with Gasteiger partial charge in [0, 0.05) is 41.5 Å². The zero-order valence-corrected chi connectivity index (χ0v) is 26.5. The van der Waals surface area contributed by atoms with E-state index < -0.39 is 14.3 Å². The van der Waals surface area contributed by atoms with Gasteiger partial charge in [0.15, 0.2) is 0 Å². The van der Waals surface area contributed by atoms with Crippen LogP contribution in [0.4, 0.5) is 0 Å². The number of benzene rings is 2. The van der Waals surface area contributed by atoms with Crippen molar-refractivity contribution < 1.29 is 9.13 Å². The summed E-state index contributed by atoms with van der Waals surface area (Å²) < 4.78 is 31.7. The van der Waals surface area contributed by atoms with Gasteiger partial charge in [-0.2, -0.15) is 0 Å². The van der Waals surface area contributed by atoms with Gasteiger partial charge in [-0.15, -0.1) is 0 Å². The van der Waals surface area contributed by atoms with Crippen LogP contribution in [-0.2, 0) is 9.13 Å². The molecule has 2 aromatic carbocycles. The van der Waals surface area contributed by atoms with Crippen LogP contribution in [0.5, 0.6) is 0 Å². The summed E-state index contributed by atoms with van der Waals surface area (Å²) >= 11 is 0. The van der Waals surface area contributed by atoms with Gasteiger partial charge in [0.25, 0.3) is 0 Å². The minimum absolute atomic E-state index is 0.0328. The molecule has 2 bridgehead atoms. The van der Waals surface area contributed by atoms with Gasteiger partial charge in [-0.1, -0.05) is 125 Å². The second kappa shape index (κ2) is 11.3. The molecule has 5 aliphatic carbocycles. The van der Waals surface area contributed by atoms with E-state index in [1.165, 1.54) is 38.5 Å². The minimum atomic E-state index is -3.00. The molecule has 40 heavy (non-hydrogen) atoms. The highest BCUT2D eigenvalue weighted by Gasteiger charge is 2.70. The standard InChI is InChI=1S/C34H47B2O2P2/c1-33(2)26-23-32(40(38,29-19-11-5-12-20-29)30-21-13-6-14-22-30)31(34(33,24-26)36-35)25-39(37,27-15-7-3-8-16-27)28-17-9-4-10-18-28/h3-4,7-10,15-18,26,29-32H,5-6,11-14,19-25H2,1-2H3/t26?,31-,32-,34?/m1/s1. The maximum Gasteiger partial charge on any atom is 0.143 e. The monoisotopic (exact) mass is 571 g/mol. The lowest BCUT2D eigenvalue weighted by Crippen LogP contribution is -2.65. The first-order valence-electron chi connectivity index (χ1n) is 16.1. The molecule has 5 fully saturated rings. The summed E-state index contributed by atoms with van der Waals surface area (Å²) in [6.45, 7) is 4.77. The van der Waals surface area contributed by atoms with Crippen molar-refractivity contribution in [2.75, 3.05) is 6.16 Å². The smallest absolute Gasteiger partial charge is 0.143 e. The molecule has 0 N–H and O–H groups in total. The predicted molar refractivity (Wildman–Crippen MR) is 174 cm³/mol. The maximum absolute atomic E-state index is 16.1. The van der Waals surface area contributed by atoms with Gasteiger partial charge in [0.05, 0.1) is 14.3 Å². The summed E-state index contributed by atoms with van der Waals surface area (Å²) in [5, 5.41) is 1.63. The lowest BCUT2D eigenvalue weighted by atomic mass is 9.19. The largest absolute Gasteiger partial charge is 0.323 e. The third-order valence-electron chi connectivity index (χ3n) is 12.4. The Bertz CT molecular complexity index is 1190. The van der Waals surface area contributed by atoms with E-state index in [2.05, 4.69) is 38.1 Å². The zero-order chi connectivity index (χ0) is 28.0. The van der Waals surface area contributed by atoms with Gasteiger partial charge < -0.3 is 9.13 Å². The molecule has 0 heterocycles. The van der Waals surface area contributed by atoms with Crippen molar-refractivity contribution in [1.29, 1.82) is 0 Å². The predicted octanol–water partition coefficient (Wildman–Crippen LogP) is 8.41. The molecule has 0 spiro atoms. The van der Waals surface area contributed by atoms with Crippen LogP contribution in [0.15, 0.2) is 60.7 Å². The molecule has 2 nitrogen and oxygen atoms in total. The molecule has 2 unspecified atom stereocenters. The Morgan fingerprint density at radius 1 is 0.775 bits per heavy atom. The van der Waals surface area contributed by atoms with Gasteiger partial charge in [-0.25, -0.2) is 0 Å². The number of fused-ring (bicyclic) bond motifs is 2. The Kier molecular flexibility index (Phi) is 8.20. The van der Waals surface area contributed by atoms with Crippen LogP contribution in [0.2, 0.25) is 5.31 Å². The molecule has 0 aliphatic heterocycles. The van der Waals surface area contributed by atoms with Crippen LogP contribution in [-0.4, -0.2) is 38.0 Å². The summed E-state index contributed by atoms with van der Waals surface area (Å²) in [6, 6.07) is 20.3. The Morgan fingerprint density at radius 2 is 1.25 bits per heavy atom. The maximum atomic E-state index is 16.1. The van der Waals surface area contributed by atoms with E-state index in [0.29, 0.717) is 23.4 Å². The van der Waals surface area contributed by atoms with Gasteiger partial charge >= 0.3 is 0 Å². The van der Waals surface area contributed by atoms with E-state index in [1.807, 2.05) is 43.6 Å². The molecular formula is C34H47B2O2P2. The highest BCUT2D eigenvalue weighted by molar-refractivity contribution is 7.78. The fourth-order valence-corrected chi connectivity index (χ4v) is 18.8. The van der Waals surface area contributed by atoms with Gasteiger partial charge in [-0.3, -0.25) is 0 Å². The number of hydrogen-bond donors (Lipinski definition) is 0. The van der Waals surface area contributed by atoms with Crippen LogP contribution >= 0.6 is 14.3 Å². The van der Waals surface area contributed by atoms with Crippen molar-refractivity contribution in [1.82, 2.24) is 0 Å². The van der Waals surface area contributed by atoms with Crippen LogP contribution in [0.1, 0.15) is 90.9 Å². The molecule has 3 radical (unpaired) electrons. The summed E-state index contributed by atoms with van der Waals surface area (Å²) in [7, 11) is 3.10. The minimum Gasteiger partial charge on any atom is -0.323 e. The Morgan fingerprint density at radius 3 is 1.68 bits per heavy atom. The first kappa shape index (κ1) is 29.1. The summed E-state index contributed by atoms with van der Waals surface area (Å²) in [5.74, 6) is 0.611. The molecular weight excluding hydrogens is 524 g/mol. The van der Waals surface area contributed by atoms with E-state index in [1.54, 1.807) is 0 Å². The fourth-order valence-electron chi connectivity index (χ4n) is 9.90. The molecule has 5 aliphatic rings. The third kappa shape index (κ3) is 4.53. The molecule has 0 amide bonds. The molecule has 5 saturated carbocycles. The van der Waals surface area contributed by atoms with Gasteiger partial charge in [-0.05, 0) is 49.4 Å². The lowest BCUT2D eigenvalue weighted by molar-refractivity contribution is -0.0800. The van der Waals surface area contributed by atoms with Gasteiger partial charge in [0.1, 0.15) is 7.14 Å². The van der Waals surface area contributed by atoms with Crippen LogP contribution < -0.4 is 10.6 Å². The molecule has 7 rings (SSSR count). The highest BCUT2D eigenvalue weighted by atomic mass is 31.2. The number of hydrogen-bond acceptors (Lipinski definition) is 2. The Labute approximate surface area is 245 Å². The van der Waals surface area contributed by atoms with Crippen molar-refractivity contribution in [3.8, 4) is 0 Å². The lowest BCUT2D eigenvalue weighted by Gasteiger charge is -2.73. The average Bonchev–Trinajstić information content (AvgIpc) is 3.02. The fraction of sp³-hybridized carbons (Fsp3) is 0.647. The molecule has 211 valence electrons. The van der Waals surface area contributed by atoms with Crippen molar-refractivity contribution >= 4 is 39.8 Å². The van der Waals surface area contributed by atoms with Crippen LogP contribution in [0.3, 0.4) is 0 Å². The third-order valence-corrected chi connectivity index (χ3v) is 20.5. The second-order valence-corrected chi connectivity index (χ2v) is 20.7. The van der Waals surface area contributed by atoms with Crippen LogP contribution in [0, 0.1) is 17.3 Å². The summed E-state index contributed by atoms with van der Waals surface area (Å²) in [4.78, 5) is 0. The van der Waals surface area contributed by atoms with Crippen molar-refractivity contribution in [2.24, 2.45) is 17.3 Å². The Balaban J connectivity index is 1.50. The SMILES string of the molecule is [B][B]C12CC(C[C@@H](P(=O)(C3CCCCC3)C3CCCCC3)[C@H]1CP(=O)(c1ccccc1)c1ccccc1)C2(C)C. The number of rotatable bonds is 8. The van der Waals surface area contributed by atoms with E-state index in [-0.39, 0.29) is 22.3 Å². The summed E-state index contributed by atoms with van der Waals surface area (Å²) in [6.07, 6.45) is 14.6. The molecule has 0 saturated heterocycles. The van der Waals surface area contributed by atoms with Gasteiger partial charge in [0.2, 0.25) is 0 Å². The highest BCUT2D eigenvalue weighted by Crippen LogP contribution is 2.82. The van der Waals surface area contributed by atoms with E-state index in [4.69, 9.17) is 7.74 Å². The Hall–Kier alpha value is -0.970. The second-order valence-electron chi connectivity index (χ2n) is 14.2. The zero-order valence-electron chi connectivity index (χ0n) is 24.7. The van der Waals surface area contributed by atoms with Crippen molar-refractivity contribution in [3.63, 3.8) is 0 Å². The van der Waals surface area contributed by atoms with E-state index in [9.17, 15) is 0 Å². The molecule has 4 atom stereocenters. The molecule has 2 aromatic rings. The van der Waals surface area contributed by atoms with Crippen LogP contribution in [0.25, 0.3) is 0 Å². The first-order chi connectivity index (χ1) is 19.3. The molecule has 6 heteroatoms. The summed E-state index contributed by atoms with van der Waals surface area (Å²) in [5.41, 5.74) is 0.858. The molecule has 0 aromatic heterocycles. The van der Waals surface area contributed by atoms with E-state index >= 15 is 9.13 Å².